The van der Waals surface area contributed by atoms with Crippen LogP contribution in [0.15, 0.2) is 78.4 Å². The fourth-order valence-corrected chi connectivity index (χ4v) is 5.06. The molecule has 0 bridgehead atoms. The van der Waals surface area contributed by atoms with E-state index in [4.69, 9.17) is 4.74 Å². The number of nitro groups is 1. The minimum atomic E-state index is -0.380. The molecule has 2 aliphatic rings. The fraction of sp³-hybridized carbons (Fsp3) is 0.200. The Labute approximate surface area is 218 Å². The average Bonchev–Trinajstić information content (AvgIpc) is 3.06. The predicted molar refractivity (Wildman–Crippen MR) is 149 cm³/mol. The van der Waals surface area contributed by atoms with Crippen LogP contribution >= 0.6 is 12.4 Å². The maximum absolute atomic E-state index is 11.5. The molecular formula is C30H29ClN2O3. The number of likely N-dealkylation sites (tertiary alicyclic amines) is 1. The maximum atomic E-state index is 11.5. The molecule has 36 heavy (non-hydrogen) atoms. The van der Waals surface area contributed by atoms with Gasteiger partial charge in [0.1, 0.15) is 0 Å². The molecule has 1 fully saturated rings. The normalized spacial score (nSPS) is 15.1. The number of methoxy groups -OCH3 is 1. The van der Waals surface area contributed by atoms with E-state index in [1.807, 2.05) is 12.2 Å². The van der Waals surface area contributed by atoms with Crippen molar-refractivity contribution in [2.75, 3.05) is 26.7 Å². The van der Waals surface area contributed by atoms with E-state index in [1.165, 1.54) is 40.5 Å². The van der Waals surface area contributed by atoms with Gasteiger partial charge < -0.3 is 4.74 Å². The molecule has 1 heterocycles. The van der Waals surface area contributed by atoms with Crippen LogP contribution in [0.25, 0.3) is 23.8 Å². The molecule has 1 aliphatic heterocycles. The van der Waals surface area contributed by atoms with Gasteiger partial charge in [0.15, 0.2) is 5.75 Å². The number of piperidine rings is 1. The van der Waals surface area contributed by atoms with Gasteiger partial charge in [-0.1, -0.05) is 84.5 Å². The number of rotatable bonds is 5. The van der Waals surface area contributed by atoms with Crippen LogP contribution in [0.1, 0.15) is 40.7 Å². The molecule has 6 heteroatoms. The lowest BCUT2D eigenvalue weighted by Crippen LogP contribution is -2.31. The van der Waals surface area contributed by atoms with Crippen LogP contribution < -0.4 is 4.74 Å². The molecule has 0 radical (unpaired) electrons. The Morgan fingerprint density at radius 2 is 1.53 bits per heavy atom. The summed E-state index contributed by atoms with van der Waals surface area (Å²) < 4.78 is 5.18. The first kappa shape index (κ1) is 25.4. The van der Waals surface area contributed by atoms with Crippen molar-refractivity contribution in [3.8, 4) is 5.75 Å². The number of nitrogens with zero attached hydrogens (tertiary/aromatic N) is 2. The van der Waals surface area contributed by atoms with Gasteiger partial charge in [-0.05, 0) is 52.8 Å². The highest BCUT2D eigenvalue weighted by Gasteiger charge is 2.22. The Morgan fingerprint density at radius 1 is 0.917 bits per heavy atom. The lowest BCUT2D eigenvalue weighted by molar-refractivity contribution is -0.386. The average molecular weight is 501 g/mol. The van der Waals surface area contributed by atoms with Crippen LogP contribution in [0.3, 0.4) is 0 Å². The lowest BCUT2D eigenvalue weighted by Gasteiger charge is -2.29. The van der Waals surface area contributed by atoms with Crippen molar-refractivity contribution in [1.82, 2.24) is 4.90 Å². The second-order valence-electron chi connectivity index (χ2n) is 8.84. The zero-order valence-electron chi connectivity index (χ0n) is 20.2. The molecule has 0 unspecified atom stereocenters. The summed E-state index contributed by atoms with van der Waals surface area (Å²) in [6.07, 6.45) is 10.3. The molecule has 3 aromatic rings. The highest BCUT2D eigenvalue weighted by atomic mass is 35.5. The number of fused-ring (bicyclic) bond motifs is 2. The third-order valence-corrected chi connectivity index (χ3v) is 6.81. The van der Waals surface area contributed by atoms with E-state index < -0.39 is 0 Å². The van der Waals surface area contributed by atoms with E-state index in [9.17, 15) is 10.1 Å². The first-order chi connectivity index (χ1) is 17.2. The number of para-hydroxylation sites is 1. The summed E-state index contributed by atoms with van der Waals surface area (Å²) in [4.78, 5) is 13.5. The molecule has 0 N–H and O–H groups in total. The van der Waals surface area contributed by atoms with Gasteiger partial charge in [-0.2, -0.15) is 0 Å². The van der Waals surface area contributed by atoms with Gasteiger partial charge in [0.2, 0.25) is 0 Å². The zero-order chi connectivity index (χ0) is 24.2. The highest BCUT2D eigenvalue weighted by molar-refractivity contribution is 5.94. The molecule has 0 atom stereocenters. The number of ether oxygens (including phenoxy) is 1. The third-order valence-electron chi connectivity index (χ3n) is 6.81. The summed E-state index contributed by atoms with van der Waals surface area (Å²) in [5.74, 6) is 0.282. The summed E-state index contributed by atoms with van der Waals surface area (Å²) >= 11 is 0. The topological polar surface area (TPSA) is 55.6 Å². The number of benzene rings is 3. The standard InChI is InChI=1S/C30H28N2O3.ClH/c1-35-28-14-6-10-25(30(28)32(33)34)11-7-19-31-20-17-24(18-21-31)29-26-12-4-2-8-22(26)15-16-23-9-3-5-13-27(23)29;/h2-16H,17-21H2,1H3;1H. The molecule has 0 amide bonds. The summed E-state index contributed by atoms with van der Waals surface area (Å²) in [5.41, 5.74) is 8.59. The van der Waals surface area contributed by atoms with Crippen LogP contribution in [-0.4, -0.2) is 36.6 Å². The van der Waals surface area contributed by atoms with Crippen molar-refractivity contribution in [2.24, 2.45) is 0 Å². The summed E-state index contributed by atoms with van der Waals surface area (Å²) in [6.45, 7) is 2.67. The van der Waals surface area contributed by atoms with Crippen molar-refractivity contribution in [3.63, 3.8) is 0 Å². The zero-order valence-corrected chi connectivity index (χ0v) is 21.0. The van der Waals surface area contributed by atoms with Crippen LogP contribution in [0.2, 0.25) is 0 Å². The van der Waals surface area contributed by atoms with Crippen LogP contribution in [0, 0.1) is 10.1 Å². The number of hydrogen-bond donors (Lipinski definition) is 0. The van der Waals surface area contributed by atoms with E-state index in [0.29, 0.717) is 5.56 Å². The molecule has 5 nitrogen and oxygen atoms in total. The van der Waals surface area contributed by atoms with Crippen LogP contribution in [0.4, 0.5) is 5.69 Å². The van der Waals surface area contributed by atoms with Crippen molar-refractivity contribution in [2.45, 2.75) is 12.8 Å². The van der Waals surface area contributed by atoms with Gasteiger partial charge in [-0.15, -0.1) is 12.4 Å². The minimum absolute atomic E-state index is 0. The van der Waals surface area contributed by atoms with E-state index in [1.54, 1.807) is 18.2 Å². The smallest absolute Gasteiger partial charge is 0.318 e. The molecule has 3 aromatic carbocycles. The van der Waals surface area contributed by atoms with Crippen molar-refractivity contribution >= 4 is 41.9 Å². The maximum Gasteiger partial charge on any atom is 0.318 e. The van der Waals surface area contributed by atoms with Crippen molar-refractivity contribution < 1.29 is 9.66 Å². The Hall–Kier alpha value is -3.67. The van der Waals surface area contributed by atoms with Gasteiger partial charge in [0, 0.05) is 19.6 Å². The van der Waals surface area contributed by atoms with E-state index >= 15 is 0 Å². The van der Waals surface area contributed by atoms with Crippen LogP contribution in [-0.2, 0) is 0 Å². The second-order valence-corrected chi connectivity index (χ2v) is 8.84. The molecule has 0 aromatic heterocycles. The van der Waals surface area contributed by atoms with Gasteiger partial charge in [-0.3, -0.25) is 15.0 Å². The number of hydrogen-bond acceptors (Lipinski definition) is 4. The molecular weight excluding hydrogens is 472 g/mol. The van der Waals surface area contributed by atoms with Gasteiger partial charge in [0.05, 0.1) is 17.6 Å². The highest BCUT2D eigenvalue weighted by Crippen LogP contribution is 2.38. The summed E-state index contributed by atoms with van der Waals surface area (Å²) in [7, 11) is 1.46. The monoisotopic (exact) mass is 500 g/mol. The first-order valence-corrected chi connectivity index (χ1v) is 11.9. The van der Waals surface area contributed by atoms with Gasteiger partial charge >= 0.3 is 5.69 Å². The van der Waals surface area contributed by atoms with Gasteiger partial charge in [0.25, 0.3) is 0 Å². The quantitative estimate of drug-likeness (QED) is 0.216. The van der Waals surface area contributed by atoms with E-state index in [-0.39, 0.29) is 28.8 Å². The van der Waals surface area contributed by atoms with Crippen LogP contribution in [0.5, 0.6) is 5.75 Å². The number of nitro benzene ring substituents is 1. The van der Waals surface area contributed by atoms with E-state index in [0.717, 1.165) is 32.5 Å². The second kappa shape index (κ2) is 11.4. The Balaban J connectivity index is 0.00000304. The molecule has 1 aliphatic carbocycles. The summed E-state index contributed by atoms with van der Waals surface area (Å²) in [5, 5.41) is 11.5. The molecule has 0 saturated carbocycles. The Bertz CT molecular complexity index is 1300. The van der Waals surface area contributed by atoms with E-state index in [2.05, 4.69) is 65.6 Å². The third kappa shape index (κ3) is 5.13. The molecule has 0 spiro atoms. The summed E-state index contributed by atoms with van der Waals surface area (Å²) in [6, 6.07) is 22.5. The Kier molecular flexibility index (Phi) is 8.04. The molecule has 5 rings (SSSR count). The van der Waals surface area contributed by atoms with Gasteiger partial charge in [-0.25, -0.2) is 0 Å². The predicted octanol–water partition coefficient (Wildman–Crippen LogP) is 7.12. The molecule has 184 valence electrons. The van der Waals surface area contributed by atoms with Crippen molar-refractivity contribution in [1.29, 1.82) is 0 Å². The minimum Gasteiger partial charge on any atom is -0.490 e. The SMILES string of the molecule is COc1cccc(C=CCN2CCC(=C3c4ccccc4C=Cc4ccccc43)CC2)c1[N+](=O)[O-].Cl. The Morgan fingerprint density at radius 3 is 2.11 bits per heavy atom. The number of halogens is 1. The first-order valence-electron chi connectivity index (χ1n) is 11.9. The fourth-order valence-electron chi connectivity index (χ4n) is 5.06. The van der Waals surface area contributed by atoms with Crippen molar-refractivity contribution in [3.05, 3.63) is 116 Å². The lowest BCUT2D eigenvalue weighted by atomic mass is 9.86. The molecule has 1 saturated heterocycles. The largest absolute Gasteiger partial charge is 0.490 e.